The normalized spacial score (nSPS) is 22.8. The van der Waals surface area contributed by atoms with Crippen LogP contribution in [0, 0.1) is 30.1 Å². The van der Waals surface area contributed by atoms with Crippen LogP contribution in [0.1, 0.15) is 109 Å². The average Bonchev–Trinajstić information content (AvgIpc) is 3.30. The molecule has 9 nitrogen and oxygen atoms in total. The molecule has 3 aliphatic rings. The predicted octanol–water partition coefficient (Wildman–Crippen LogP) is 4.44. The van der Waals surface area contributed by atoms with E-state index in [1.807, 2.05) is 51.2 Å². The highest BCUT2D eigenvalue weighted by molar-refractivity contribution is 5.91. The van der Waals surface area contributed by atoms with Gasteiger partial charge in [-0.1, -0.05) is 82.7 Å². The van der Waals surface area contributed by atoms with Gasteiger partial charge < -0.3 is 25.7 Å². The molecule has 0 aromatic heterocycles. The highest BCUT2D eigenvalue weighted by Gasteiger charge is 2.37. The molecule has 49 heavy (non-hydrogen) atoms. The van der Waals surface area contributed by atoms with Crippen LogP contribution in [0.2, 0.25) is 0 Å². The first-order chi connectivity index (χ1) is 23.5. The maximum absolute atomic E-state index is 13.9. The van der Waals surface area contributed by atoms with Crippen molar-refractivity contribution >= 4 is 17.7 Å². The van der Waals surface area contributed by atoms with Crippen LogP contribution in [0.5, 0.6) is 0 Å². The van der Waals surface area contributed by atoms with Crippen LogP contribution in [0.15, 0.2) is 30.3 Å². The predicted molar refractivity (Wildman–Crippen MR) is 193 cm³/mol. The van der Waals surface area contributed by atoms with Gasteiger partial charge in [0.15, 0.2) is 0 Å². The first-order valence-corrected chi connectivity index (χ1v) is 19.0. The fourth-order valence-corrected chi connectivity index (χ4v) is 8.36. The fraction of sp³-hybridized carbons (Fsp3) is 0.725. The van der Waals surface area contributed by atoms with Crippen molar-refractivity contribution < 1.29 is 24.6 Å². The van der Waals surface area contributed by atoms with E-state index in [1.54, 1.807) is 4.90 Å². The lowest BCUT2D eigenvalue weighted by Gasteiger charge is -2.35. The Kier molecular flexibility index (Phi) is 15.4. The quantitative estimate of drug-likeness (QED) is 0.171. The zero-order valence-electron chi connectivity index (χ0n) is 30.2. The third-order valence-electron chi connectivity index (χ3n) is 11.2. The van der Waals surface area contributed by atoms with Gasteiger partial charge >= 0.3 is 0 Å². The molecule has 272 valence electrons. The molecule has 4 N–H and O–H groups in total. The molecule has 0 radical (unpaired) electrons. The fourth-order valence-electron chi connectivity index (χ4n) is 8.36. The summed E-state index contributed by atoms with van der Waals surface area (Å²) in [6, 6.07) is 9.14. The van der Waals surface area contributed by atoms with Gasteiger partial charge in [-0.15, -0.1) is 12.3 Å². The molecule has 2 bridgehead atoms. The number of hydrogen-bond donors (Lipinski definition) is 4. The van der Waals surface area contributed by atoms with E-state index < -0.39 is 42.0 Å². The van der Waals surface area contributed by atoms with Crippen LogP contribution >= 0.6 is 0 Å². The number of nitrogens with one attached hydrogen (secondary N) is 2. The average molecular weight is 679 g/mol. The summed E-state index contributed by atoms with van der Waals surface area (Å²) in [6.07, 6.45) is 16.5. The Hall–Kier alpha value is -2.93. The maximum atomic E-state index is 13.9. The van der Waals surface area contributed by atoms with Crippen molar-refractivity contribution in [1.29, 1.82) is 0 Å². The molecule has 1 saturated carbocycles. The number of hydrogen-bond acceptors (Lipinski definition) is 6. The van der Waals surface area contributed by atoms with Crippen LogP contribution in [-0.4, -0.2) is 94.2 Å². The lowest BCUT2D eigenvalue weighted by Crippen LogP contribution is -2.56. The lowest BCUT2D eigenvalue weighted by molar-refractivity contribution is -0.137. The molecule has 4 unspecified atom stereocenters. The zero-order chi connectivity index (χ0) is 35.3. The van der Waals surface area contributed by atoms with Crippen LogP contribution in [-0.2, 0) is 20.8 Å². The van der Waals surface area contributed by atoms with Crippen molar-refractivity contribution in [3.05, 3.63) is 35.9 Å². The Bertz CT molecular complexity index is 1210. The van der Waals surface area contributed by atoms with Crippen molar-refractivity contribution in [3.8, 4) is 12.3 Å². The minimum absolute atomic E-state index is 0.0128. The summed E-state index contributed by atoms with van der Waals surface area (Å²) in [5.74, 6) is 1.34. The van der Waals surface area contributed by atoms with Gasteiger partial charge in [0, 0.05) is 45.1 Å². The number of nitrogens with zero attached hydrogens (tertiary/aromatic N) is 2. The van der Waals surface area contributed by atoms with Gasteiger partial charge in [-0.05, 0) is 62.3 Å². The Morgan fingerprint density at radius 3 is 2.24 bits per heavy atom. The number of terminal acetylenes is 1. The van der Waals surface area contributed by atoms with Crippen molar-refractivity contribution in [2.75, 3.05) is 20.1 Å². The summed E-state index contributed by atoms with van der Waals surface area (Å²) in [4.78, 5) is 45.6. The largest absolute Gasteiger partial charge is 0.390 e. The molecule has 1 aromatic rings. The Morgan fingerprint density at radius 2 is 1.61 bits per heavy atom. The molecule has 2 heterocycles. The number of aliphatic hydroxyl groups is 2. The lowest BCUT2D eigenvalue weighted by atomic mass is 9.82. The molecule has 1 aromatic carbocycles. The second kappa shape index (κ2) is 19.5. The van der Waals surface area contributed by atoms with Crippen LogP contribution in [0.3, 0.4) is 0 Å². The number of aliphatic hydroxyl groups excluding tert-OH is 2. The molecule has 7 atom stereocenters. The van der Waals surface area contributed by atoms with Gasteiger partial charge in [0.05, 0.1) is 18.1 Å². The topological polar surface area (TPSA) is 122 Å². The van der Waals surface area contributed by atoms with Gasteiger partial charge in [0.1, 0.15) is 12.1 Å². The molecule has 3 amide bonds. The van der Waals surface area contributed by atoms with E-state index in [2.05, 4.69) is 21.5 Å². The van der Waals surface area contributed by atoms with Crippen LogP contribution in [0.25, 0.3) is 0 Å². The van der Waals surface area contributed by atoms with Crippen molar-refractivity contribution in [3.63, 3.8) is 0 Å². The smallest absolute Gasteiger partial charge is 0.243 e. The van der Waals surface area contributed by atoms with E-state index in [4.69, 9.17) is 6.42 Å². The van der Waals surface area contributed by atoms with Gasteiger partial charge in [-0.2, -0.15) is 0 Å². The molecule has 0 spiro atoms. The number of fused-ring (bicyclic) bond motifs is 2. The number of piperidine rings is 1. The molecule has 9 heteroatoms. The van der Waals surface area contributed by atoms with Gasteiger partial charge in [-0.25, -0.2) is 0 Å². The van der Waals surface area contributed by atoms with Crippen molar-refractivity contribution in [2.24, 2.45) is 17.8 Å². The minimum atomic E-state index is -1.14. The monoisotopic (exact) mass is 678 g/mol. The number of rotatable bonds is 18. The van der Waals surface area contributed by atoms with E-state index in [1.165, 1.54) is 38.5 Å². The molecular formula is C40H62N4O5. The van der Waals surface area contributed by atoms with E-state index in [0.717, 1.165) is 37.8 Å². The second-order valence-corrected chi connectivity index (χ2v) is 15.5. The van der Waals surface area contributed by atoms with Gasteiger partial charge in [-0.3, -0.25) is 19.3 Å². The molecule has 3 fully saturated rings. The van der Waals surface area contributed by atoms with Crippen molar-refractivity contribution in [2.45, 2.75) is 147 Å². The summed E-state index contributed by atoms with van der Waals surface area (Å²) in [7, 11) is 1.81. The second-order valence-electron chi connectivity index (χ2n) is 15.5. The van der Waals surface area contributed by atoms with Crippen LogP contribution in [0.4, 0.5) is 0 Å². The molecule has 2 saturated heterocycles. The minimum Gasteiger partial charge on any atom is -0.390 e. The molecule has 2 aliphatic heterocycles. The molecule has 1 aliphatic carbocycles. The summed E-state index contributed by atoms with van der Waals surface area (Å²) >= 11 is 0. The van der Waals surface area contributed by atoms with Gasteiger partial charge in [0.2, 0.25) is 17.7 Å². The van der Waals surface area contributed by atoms with E-state index in [9.17, 15) is 24.6 Å². The standard InChI is InChI=1S/C40H62N4O5/c1-5-13-34(40(49)42-35(26-30-16-10-7-11-17-30)38(47)36(45)24-28(2)3)41-39(48)31(25-29-14-8-6-9-15-29)27-37(46)43(4)22-23-44-32-18-12-19-33(44)21-20-32/h1,6,8-9,14-15,28,30-36,38,45,47H,7,10-13,16-27H2,2-4H3,(H,41,48)(H,42,49)/t31-,32?,33?,34+,35?,36+,38?/m1/s1. The van der Waals surface area contributed by atoms with E-state index in [-0.39, 0.29) is 24.7 Å². The molecular weight excluding hydrogens is 616 g/mol. The third kappa shape index (κ3) is 11.8. The Labute approximate surface area is 295 Å². The number of amides is 3. The van der Waals surface area contributed by atoms with E-state index in [0.29, 0.717) is 43.8 Å². The van der Waals surface area contributed by atoms with Gasteiger partial charge in [0.25, 0.3) is 0 Å². The Morgan fingerprint density at radius 1 is 0.939 bits per heavy atom. The SMILES string of the molecule is C#CC[C@H](NC(=O)[C@@H](CC(=O)N(C)CCN1C2CCCC1CC2)Cc1ccccc1)C(=O)NC(CC1CCCCC1)C(O)[C@@H](O)CC(C)C. The number of carbonyl (C=O) groups excluding carboxylic acids is 3. The zero-order valence-corrected chi connectivity index (χ0v) is 30.2. The number of benzene rings is 1. The third-order valence-corrected chi connectivity index (χ3v) is 11.2. The number of likely N-dealkylation sites (N-methyl/N-ethyl adjacent to an activating group) is 1. The van der Waals surface area contributed by atoms with Crippen molar-refractivity contribution in [1.82, 2.24) is 20.4 Å². The highest BCUT2D eigenvalue weighted by atomic mass is 16.3. The van der Waals surface area contributed by atoms with E-state index >= 15 is 0 Å². The highest BCUT2D eigenvalue weighted by Crippen LogP contribution is 2.35. The maximum Gasteiger partial charge on any atom is 0.243 e. The summed E-state index contributed by atoms with van der Waals surface area (Å²) in [5.41, 5.74) is 0.927. The molecule has 4 rings (SSSR count). The first-order valence-electron chi connectivity index (χ1n) is 19.0. The summed E-state index contributed by atoms with van der Waals surface area (Å²) < 4.78 is 0. The number of carbonyl (C=O) groups is 3. The summed E-state index contributed by atoms with van der Waals surface area (Å²) in [6.45, 7) is 5.42. The Balaban J connectivity index is 1.43. The first kappa shape index (κ1) is 38.9. The summed E-state index contributed by atoms with van der Waals surface area (Å²) in [5, 5.41) is 27.9. The van der Waals surface area contributed by atoms with Crippen LogP contribution < -0.4 is 10.6 Å².